The normalized spacial score (nSPS) is 8.92. The van der Waals surface area contributed by atoms with Crippen molar-refractivity contribution in [3.05, 3.63) is 0 Å². The minimum absolute atomic E-state index is 0. The number of ketones is 1. The SMILES string of the molecule is CCC(C)=O.CCCCCCCC(=O)[O-].CCCCCCCC(=O)[O-].[Zn+2]. The molecular weight excluding hydrogens is 386 g/mol. The first-order valence-electron chi connectivity index (χ1n) is 9.70. The van der Waals surface area contributed by atoms with E-state index in [0.29, 0.717) is 6.42 Å². The molecule has 0 radical (unpaired) electrons. The maximum atomic E-state index is 9.92. The molecule has 0 bridgehead atoms. The van der Waals surface area contributed by atoms with Gasteiger partial charge in [0.15, 0.2) is 0 Å². The maximum Gasteiger partial charge on any atom is 2.00 e. The fourth-order valence-electron chi connectivity index (χ4n) is 1.75. The van der Waals surface area contributed by atoms with E-state index < -0.39 is 11.9 Å². The third kappa shape index (κ3) is 49.5. The van der Waals surface area contributed by atoms with Crippen LogP contribution in [-0.4, -0.2) is 17.7 Å². The molecule has 0 N–H and O–H groups in total. The Hall–Kier alpha value is -0.767. The summed E-state index contributed by atoms with van der Waals surface area (Å²) in [7, 11) is 0. The molecule has 0 unspecified atom stereocenters. The van der Waals surface area contributed by atoms with Gasteiger partial charge >= 0.3 is 19.5 Å². The largest absolute Gasteiger partial charge is 2.00 e. The third-order valence-electron chi connectivity index (χ3n) is 3.47. The molecule has 0 spiro atoms. The van der Waals surface area contributed by atoms with E-state index in [2.05, 4.69) is 13.8 Å². The second-order valence-corrected chi connectivity index (χ2v) is 6.13. The molecule has 6 heteroatoms. The summed E-state index contributed by atoms with van der Waals surface area (Å²) in [5, 5.41) is 19.8. The van der Waals surface area contributed by atoms with Crippen LogP contribution in [0.4, 0.5) is 0 Å². The number of Topliss-reactive ketones (excluding diaryl/α,β-unsaturated/α-hetero) is 1. The minimum Gasteiger partial charge on any atom is -0.550 e. The van der Waals surface area contributed by atoms with Crippen LogP contribution < -0.4 is 10.2 Å². The Morgan fingerprint density at radius 3 is 1.08 bits per heavy atom. The molecule has 0 amide bonds. The summed E-state index contributed by atoms with van der Waals surface area (Å²) in [5.41, 5.74) is 0. The molecule has 0 aliphatic carbocycles. The molecule has 0 saturated carbocycles. The Kier molecular flexibility index (Phi) is 36.7. The second kappa shape index (κ2) is 29.0. The van der Waals surface area contributed by atoms with Crippen molar-refractivity contribution in [2.45, 2.75) is 111 Å². The van der Waals surface area contributed by atoms with Crippen LogP contribution in [0.25, 0.3) is 0 Å². The van der Waals surface area contributed by atoms with Crippen molar-refractivity contribution in [3.8, 4) is 0 Å². The molecule has 0 aliphatic rings. The number of carbonyl (C=O) groups is 3. The molecule has 0 aromatic carbocycles. The number of aliphatic carboxylic acids is 2. The molecule has 0 atom stereocenters. The summed E-state index contributed by atoms with van der Waals surface area (Å²) >= 11 is 0. The molecular formula is C20H38O5Zn. The van der Waals surface area contributed by atoms with Gasteiger partial charge in [-0.1, -0.05) is 72.1 Å². The zero-order valence-corrected chi connectivity index (χ0v) is 20.4. The predicted octanol–water partition coefficient (Wildman–Crippen LogP) is 3.18. The maximum absolute atomic E-state index is 9.92. The number of unbranched alkanes of at least 4 members (excludes halogenated alkanes) is 8. The fourth-order valence-corrected chi connectivity index (χ4v) is 1.75. The van der Waals surface area contributed by atoms with E-state index in [1.165, 1.54) is 25.7 Å². The predicted molar refractivity (Wildman–Crippen MR) is 97.7 cm³/mol. The topological polar surface area (TPSA) is 97.3 Å². The summed E-state index contributed by atoms with van der Waals surface area (Å²) < 4.78 is 0. The second-order valence-electron chi connectivity index (χ2n) is 6.13. The zero-order valence-electron chi connectivity index (χ0n) is 17.4. The van der Waals surface area contributed by atoms with Gasteiger partial charge in [-0.15, -0.1) is 0 Å². The molecule has 0 saturated heterocycles. The standard InChI is InChI=1S/2C8H16O2.C4H8O.Zn/c2*1-2-3-4-5-6-7-8(9)10;1-3-4(2)5;/h2*2-7H2,1H3,(H,9,10);3H2,1-2H3;/q;;;+2/p-2. The van der Waals surface area contributed by atoms with Gasteiger partial charge in [-0.25, -0.2) is 0 Å². The van der Waals surface area contributed by atoms with E-state index in [0.717, 1.165) is 38.5 Å². The molecule has 0 aromatic heterocycles. The smallest absolute Gasteiger partial charge is 0.550 e. The number of carboxylic acid groups (broad SMARTS) is 2. The first-order chi connectivity index (χ1) is 11.8. The van der Waals surface area contributed by atoms with E-state index in [9.17, 15) is 24.6 Å². The first kappa shape index (κ1) is 32.9. The summed E-state index contributed by atoms with van der Waals surface area (Å²) in [6.45, 7) is 7.71. The first-order valence-corrected chi connectivity index (χ1v) is 9.70. The Balaban J connectivity index is -0.000000145. The van der Waals surface area contributed by atoms with Gasteiger partial charge in [0, 0.05) is 18.4 Å². The van der Waals surface area contributed by atoms with Crippen LogP contribution in [0.15, 0.2) is 0 Å². The van der Waals surface area contributed by atoms with Gasteiger partial charge in [0.2, 0.25) is 0 Å². The van der Waals surface area contributed by atoms with Gasteiger partial charge in [0.25, 0.3) is 0 Å². The van der Waals surface area contributed by atoms with Crippen molar-refractivity contribution in [3.63, 3.8) is 0 Å². The summed E-state index contributed by atoms with van der Waals surface area (Å²) in [6, 6.07) is 0. The Labute approximate surface area is 173 Å². The van der Waals surface area contributed by atoms with Crippen LogP contribution in [0.5, 0.6) is 0 Å². The molecule has 0 aliphatic heterocycles. The Morgan fingerprint density at radius 2 is 0.885 bits per heavy atom. The van der Waals surface area contributed by atoms with Gasteiger partial charge < -0.3 is 24.6 Å². The summed E-state index contributed by atoms with van der Waals surface area (Å²) in [6.07, 6.45) is 11.9. The van der Waals surface area contributed by atoms with Crippen LogP contribution in [0.1, 0.15) is 111 Å². The van der Waals surface area contributed by atoms with E-state index in [1.807, 2.05) is 6.92 Å². The van der Waals surface area contributed by atoms with E-state index in [1.54, 1.807) is 6.92 Å². The monoisotopic (exact) mass is 422 g/mol. The fraction of sp³-hybridized carbons (Fsp3) is 0.850. The van der Waals surface area contributed by atoms with Crippen LogP contribution in [0.2, 0.25) is 0 Å². The summed E-state index contributed by atoms with van der Waals surface area (Å²) in [4.78, 5) is 29.7. The molecule has 0 aromatic rings. The zero-order chi connectivity index (χ0) is 19.9. The van der Waals surface area contributed by atoms with Crippen LogP contribution in [-0.2, 0) is 33.9 Å². The molecule has 0 rings (SSSR count). The van der Waals surface area contributed by atoms with Gasteiger partial charge in [-0.05, 0) is 32.6 Å². The van der Waals surface area contributed by atoms with Gasteiger partial charge in [-0.2, -0.15) is 0 Å². The van der Waals surface area contributed by atoms with Crippen molar-refractivity contribution in [2.75, 3.05) is 0 Å². The van der Waals surface area contributed by atoms with Crippen molar-refractivity contribution in [2.24, 2.45) is 0 Å². The minimum atomic E-state index is -0.920. The molecule has 150 valence electrons. The van der Waals surface area contributed by atoms with Gasteiger partial charge in [-0.3, -0.25) is 0 Å². The van der Waals surface area contributed by atoms with Crippen molar-refractivity contribution in [1.29, 1.82) is 0 Å². The van der Waals surface area contributed by atoms with E-state index in [-0.39, 0.29) is 38.1 Å². The number of rotatable bonds is 13. The van der Waals surface area contributed by atoms with Gasteiger partial charge in [0.05, 0.1) is 0 Å². The Bertz CT molecular complexity index is 295. The van der Waals surface area contributed by atoms with E-state index >= 15 is 0 Å². The number of hydrogen-bond acceptors (Lipinski definition) is 5. The number of carbonyl (C=O) groups excluding carboxylic acids is 3. The third-order valence-corrected chi connectivity index (χ3v) is 3.47. The Morgan fingerprint density at radius 1 is 0.615 bits per heavy atom. The average Bonchev–Trinajstić information content (AvgIpc) is 2.55. The van der Waals surface area contributed by atoms with Crippen LogP contribution in [0, 0.1) is 0 Å². The van der Waals surface area contributed by atoms with Crippen molar-refractivity contribution in [1.82, 2.24) is 0 Å². The summed E-state index contributed by atoms with van der Waals surface area (Å²) in [5.74, 6) is -1.59. The molecule has 5 nitrogen and oxygen atoms in total. The van der Waals surface area contributed by atoms with Crippen LogP contribution >= 0.6 is 0 Å². The molecule has 0 fully saturated rings. The molecule has 26 heavy (non-hydrogen) atoms. The van der Waals surface area contributed by atoms with E-state index in [4.69, 9.17) is 0 Å². The molecule has 0 heterocycles. The number of hydrogen-bond donors (Lipinski definition) is 0. The van der Waals surface area contributed by atoms with Crippen molar-refractivity contribution >= 4 is 17.7 Å². The average molecular weight is 424 g/mol. The van der Waals surface area contributed by atoms with Crippen molar-refractivity contribution < 1.29 is 44.1 Å². The van der Waals surface area contributed by atoms with Gasteiger partial charge in [0.1, 0.15) is 5.78 Å². The number of carboxylic acids is 2. The quantitative estimate of drug-likeness (QED) is 0.334. The van der Waals surface area contributed by atoms with Crippen LogP contribution in [0.3, 0.4) is 0 Å².